The molecule has 114 valence electrons. The fraction of sp³-hybridized carbons (Fsp3) is 0.438. The molecule has 0 aliphatic carbocycles. The van der Waals surface area contributed by atoms with E-state index in [2.05, 4.69) is 24.1 Å². The lowest BCUT2D eigenvalue weighted by Crippen LogP contribution is -2.11. The lowest BCUT2D eigenvalue weighted by atomic mass is 10.0. The molecule has 1 N–H and O–H groups in total. The summed E-state index contributed by atoms with van der Waals surface area (Å²) in [7, 11) is 0. The monoisotopic (exact) mass is 308 g/mol. The van der Waals surface area contributed by atoms with Crippen molar-refractivity contribution in [3.8, 4) is 11.8 Å². The summed E-state index contributed by atoms with van der Waals surface area (Å²) < 4.78 is 11.1. The van der Waals surface area contributed by atoms with Crippen molar-refractivity contribution >= 4 is 11.6 Å². The minimum absolute atomic E-state index is 0.253. The van der Waals surface area contributed by atoms with Gasteiger partial charge in [0.2, 0.25) is 0 Å². The number of benzene rings is 1. The molecule has 1 aromatic carbocycles. The van der Waals surface area contributed by atoms with Crippen molar-refractivity contribution in [2.45, 2.75) is 40.2 Å². The lowest BCUT2D eigenvalue weighted by molar-refractivity contribution is 0.329. The van der Waals surface area contributed by atoms with Crippen molar-refractivity contribution in [2.75, 3.05) is 6.54 Å². The number of hydrogen-bond acceptors (Lipinski definition) is 4. The van der Waals surface area contributed by atoms with Crippen LogP contribution in [-0.2, 0) is 6.54 Å². The predicted octanol–water partition coefficient (Wildman–Crippen LogP) is 4.66. The number of oxazole rings is 1. The second-order valence-electron chi connectivity index (χ2n) is 5.28. The van der Waals surface area contributed by atoms with Crippen molar-refractivity contribution in [1.29, 1.82) is 0 Å². The number of halogens is 1. The van der Waals surface area contributed by atoms with Crippen LogP contribution in [0.4, 0.5) is 0 Å². The maximum atomic E-state index is 6.26. The first kappa shape index (κ1) is 15.9. The van der Waals surface area contributed by atoms with Crippen molar-refractivity contribution in [1.82, 2.24) is 10.3 Å². The molecule has 1 aromatic heterocycles. The lowest BCUT2D eigenvalue weighted by Gasteiger charge is -2.12. The standard InChI is InChI=1S/C16H21ClN2O2/c1-5-18-8-12-9-20-16(19-12)21-15-7-13(10(2)3)14(17)6-11(15)4/h6-7,9-10,18H,5,8H2,1-4H3. The minimum atomic E-state index is 0.253. The first-order chi connectivity index (χ1) is 10.0. The SMILES string of the molecule is CCNCc1coc(Oc2cc(C(C)C)c(Cl)cc2C)n1. The highest BCUT2D eigenvalue weighted by Gasteiger charge is 2.13. The molecule has 2 aromatic rings. The molecule has 0 saturated heterocycles. The Hall–Kier alpha value is -1.52. The summed E-state index contributed by atoms with van der Waals surface area (Å²) in [4.78, 5) is 4.30. The number of aryl methyl sites for hydroxylation is 1. The average Bonchev–Trinajstić information content (AvgIpc) is 2.86. The summed E-state index contributed by atoms with van der Waals surface area (Å²) in [5.74, 6) is 1.05. The van der Waals surface area contributed by atoms with E-state index in [1.807, 2.05) is 26.0 Å². The van der Waals surface area contributed by atoms with Gasteiger partial charge >= 0.3 is 6.08 Å². The molecule has 5 heteroatoms. The third kappa shape index (κ3) is 3.99. The number of hydrogen-bond donors (Lipinski definition) is 1. The average molecular weight is 309 g/mol. The molecule has 0 aliphatic heterocycles. The largest absolute Gasteiger partial charge is 0.417 e. The zero-order valence-electron chi connectivity index (χ0n) is 12.9. The molecule has 0 unspecified atom stereocenters. The van der Waals surface area contributed by atoms with Crippen LogP contribution < -0.4 is 10.1 Å². The Morgan fingerprint density at radius 2 is 2.14 bits per heavy atom. The first-order valence-electron chi connectivity index (χ1n) is 7.14. The smallest absolute Gasteiger partial charge is 0.399 e. The number of rotatable bonds is 6. The quantitative estimate of drug-likeness (QED) is 0.843. The van der Waals surface area contributed by atoms with E-state index in [0.29, 0.717) is 12.5 Å². The van der Waals surface area contributed by atoms with Gasteiger partial charge in [-0.05, 0) is 42.6 Å². The van der Waals surface area contributed by atoms with Crippen LogP contribution in [0.15, 0.2) is 22.8 Å². The molecule has 0 fully saturated rings. The molecule has 0 saturated carbocycles. The van der Waals surface area contributed by atoms with Gasteiger partial charge in [0.25, 0.3) is 0 Å². The van der Waals surface area contributed by atoms with Crippen LogP contribution >= 0.6 is 11.6 Å². The fourth-order valence-corrected chi connectivity index (χ4v) is 2.42. The topological polar surface area (TPSA) is 47.3 Å². The number of aromatic nitrogens is 1. The van der Waals surface area contributed by atoms with E-state index in [9.17, 15) is 0 Å². The van der Waals surface area contributed by atoms with Crippen molar-refractivity contribution < 1.29 is 9.15 Å². The Balaban J connectivity index is 2.19. The van der Waals surface area contributed by atoms with Gasteiger partial charge in [-0.15, -0.1) is 0 Å². The van der Waals surface area contributed by atoms with Gasteiger partial charge in [0, 0.05) is 11.6 Å². The second-order valence-corrected chi connectivity index (χ2v) is 5.69. The Kier molecular flexibility index (Phi) is 5.26. The molecule has 0 spiro atoms. The molecule has 2 rings (SSSR count). The molecule has 4 nitrogen and oxygen atoms in total. The van der Waals surface area contributed by atoms with E-state index in [0.717, 1.165) is 34.1 Å². The molecule has 0 amide bonds. The molecule has 0 atom stereocenters. The summed E-state index contributed by atoms with van der Waals surface area (Å²) in [6.07, 6.45) is 1.86. The Labute approximate surface area is 130 Å². The van der Waals surface area contributed by atoms with Gasteiger partial charge in [0.1, 0.15) is 12.0 Å². The van der Waals surface area contributed by atoms with E-state index in [1.54, 1.807) is 6.26 Å². The minimum Gasteiger partial charge on any atom is -0.417 e. The number of ether oxygens (including phenoxy) is 1. The van der Waals surface area contributed by atoms with E-state index in [-0.39, 0.29) is 6.08 Å². The molecular formula is C16H21ClN2O2. The summed E-state index contributed by atoms with van der Waals surface area (Å²) in [5.41, 5.74) is 2.83. The summed E-state index contributed by atoms with van der Waals surface area (Å²) in [6, 6.07) is 3.87. The molecule has 1 heterocycles. The molecule has 0 radical (unpaired) electrons. The van der Waals surface area contributed by atoms with Gasteiger partial charge in [-0.2, -0.15) is 4.98 Å². The maximum Gasteiger partial charge on any atom is 0.399 e. The van der Waals surface area contributed by atoms with Crippen molar-refractivity contribution in [3.05, 3.63) is 40.2 Å². The van der Waals surface area contributed by atoms with Crippen LogP contribution in [-0.4, -0.2) is 11.5 Å². The predicted molar refractivity (Wildman–Crippen MR) is 84.2 cm³/mol. The maximum absolute atomic E-state index is 6.26. The van der Waals surface area contributed by atoms with Crippen LogP contribution in [0.25, 0.3) is 0 Å². The highest BCUT2D eigenvalue weighted by Crippen LogP contribution is 2.33. The van der Waals surface area contributed by atoms with Gasteiger partial charge in [-0.1, -0.05) is 32.4 Å². The molecule has 21 heavy (non-hydrogen) atoms. The van der Waals surface area contributed by atoms with E-state index in [1.165, 1.54) is 0 Å². The van der Waals surface area contributed by atoms with E-state index in [4.69, 9.17) is 20.8 Å². The van der Waals surface area contributed by atoms with Crippen LogP contribution in [0, 0.1) is 6.92 Å². The summed E-state index contributed by atoms with van der Waals surface area (Å²) in [6.45, 7) is 9.74. The molecular weight excluding hydrogens is 288 g/mol. The highest BCUT2D eigenvalue weighted by atomic mass is 35.5. The molecule has 0 aliphatic rings. The zero-order chi connectivity index (χ0) is 15.4. The van der Waals surface area contributed by atoms with Gasteiger partial charge in [-0.25, -0.2) is 0 Å². The first-order valence-corrected chi connectivity index (χ1v) is 7.52. The van der Waals surface area contributed by atoms with Gasteiger partial charge in [0.15, 0.2) is 0 Å². The van der Waals surface area contributed by atoms with Gasteiger partial charge in [0.05, 0.1) is 5.69 Å². The normalized spacial score (nSPS) is 11.1. The highest BCUT2D eigenvalue weighted by molar-refractivity contribution is 6.31. The fourth-order valence-electron chi connectivity index (χ4n) is 1.98. The van der Waals surface area contributed by atoms with Crippen LogP contribution in [0.3, 0.4) is 0 Å². The van der Waals surface area contributed by atoms with Crippen LogP contribution in [0.1, 0.15) is 43.5 Å². The summed E-state index contributed by atoms with van der Waals surface area (Å²) >= 11 is 6.26. The Morgan fingerprint density at radius 3 is 2.81 bits per heavy atom. The van der Waals surface area contributed by atoms with Crippen LogP contribution in [0.5, 0.6) is 11.8 Å². The summed E-state index contributed by atoms with van der Waals surface area (Å²) in [5, 5.41) is 3.95. The third-order valence-electron chi connectivity index (χ3n) is 3.20. The third-order valence-corrected chi connectivity index (χ3v) is 3.53. The van der Waals surface area contributed by atoms with Gasteiger partial charge < -0.3 is 14.5 Å². The van der Waals surface area contributed by atoms with Crippen molar-refractivity contribution in [2.24, 2.45) is 0 Å². The van der Waals surface area contributed by atoms with Crippen molar-refractivity contribution in [3.63, 3.8) is 0 Å². The van der Waals surface area contributed by atoms with E-state index < -0.39 is 0 Å². The Bertz CT molecular complexity index is 608. The number of nitrogens with one attached hydrogen (secondary N) is 1. The Morgan fingerprint density at radius 1 is 1.38 bits per heavy atom. The second kappa shape index (κ2) is 6.96. The molecule has 0 bridgehead atoms. The van der Waals surface area contributed by atoms with Gasteiger partial charge in [-0.3, -0.25) is 0 Å². The van der Waals surface area contributed by atoms with E-state index >= 15 is 0 Å². The zero-order valence-corrected chi connectivity index (χ0v) is 13.6. The number of nitrogens with zero attached hydrogens (tertiary/aromatic N) is 1. The van der Waals surface area contributed by atoms with Crippen LogP contribution in [0.2, 0.25) is 5.02 Å².